The summed E-state index contributed by atoms with van der Waals surface area (Å²) in [6.07, 6.45) is 1.61. The predicted octanol–water partition coefficient (Wildman–Crippen LogP) is 6.38. The maximum absolute atomic E-state index is 13.7. The van der Waals surface area contributed by atoms with E-state index in [1.54, 1.807) is 18.2 Å². The second kappa shape index (κ2) is 12.6. The quantitative estimate of drug-likeness (QED) is 0.341. The summed E-state index contributed by atoms with van der Waals surface area (Å²) in [4.78, 5) is 37.1. The van der Waals surface area contributed by atoms with E-state index < -0.39 is 5.60 Å². The van der Waals surface area contributed by atoms with Gasteiger partial charge in [0.1, 0.15) is 29.2 Å². The molecule has 6 rings (SSSR count). The third kappa shape index (κ3) is 6.60. The van der Waals surface area contributed by atoms with Gasteiger partial charge in [0, 0.05) is 61.6 Å². The van der Waals surface area contributed by atoms with E-state index in [1.165, 1.54) is 0 Å². The highest BCUT2D eigenvalue weighted by molar-refractivity contribution is 6.31. The molecule has 1 aromatic heterocycles. The van der Waals surface area contributed by atoms with Crippen LogP contribution in [-0.4, -0.2) is 82.2 Å². The van der Waals surface area contributed by atoms with E-state index in [1.807, 2.05) is 42.7 Å². The molecule has 1 aromatic carbocycles. The number of hydrogen-bond donors (Lipinski definition) is 0. The summed E-state index contributed by atoms with van der Waals surface area (Å²) in [6.45, 7) is 19.1. The molecule has 0 unspecified atom stereocenters. The van der Waals surface area contributed by atoms with E-state index in [2.05, 4.69) is 50.5 Å². The van der Waals surface area contributed by atoms with E-state index >= 15 is 0 Å². The Morgan fingerprint density at radius 3 is 2.40 bits per heavy atom. The van der Waals surface area contributed by atoms with Gasteiger partial charge >= 0.3 is 6.09 Å². The highest BCUT2D eigenvalue weighted by atomic mass is 35.5. The van der Waals surface area contributed by atoms with Crippen molar-refractivity contribution in [3.8, 4) is 23.7 Å². The number of likely N-dealkylation sites (tertiary alicyclic amines) is 2. The topological polar surface area (TPSA) is 99.0 Å². The summed E-state index contributed by atoms with van der Waals surface area (Å²) in [7, 11) is 0. The molecule has 0 atom stereocenters. The minimum Gasteiger partial charge on any atom is -0.489 e. The zero-order valence-corrected chi connectivity index (χ0v) is 29.9. The molecule has 4 heterocycles. The molecular formula is C38H46ClN5O4. The molecule has 1 saturated carbocycles. The number of rotatable bonds is 5. The minimum absolute atomic E-state index is 0.00501. The summed E-state index contributed by atoms with van der Waals surface area (Å²) in [5, 5.41) is 9.58. The fourth-order valence-corrected chi connectivity index (χ4v) is 8.68. The average Bonchev–Trinajstić information content (AvgIpc) is 3.30. The Labute approximate surface area is 289 Å². The molecule has 10 heteroatoms. The molecule has 1 aliphatic carbocycles. The first-order chi connectivity index (χ1) is 22.6. The number of benzene rings is 1. The first kappa shape index (κ1) is 34.1. The second-order valence-corrected chi connectivity index (χ2v) is 16.4. The smallest absolute Gasteiger partial charge is 0.410 e. The van der Waals surface area contributed by atoms with Gasteiger partial charge in [-0.25, -0.2) is 9.78 Å². The summed E-state index contributed by atoms with van der Waals surface area (Å²) in [5.74, 6) is 8.18. The van der Waals surface area contributed by atoms with E-state index in [0.717, 1.165) is 51.3 Å². The van der Waals surface area contributed by atoms with Crippen molar-refractivity contribution in [2.75, 3.05) is 32.7 Å². The van der Waals surface area contributed by atoms with Gasteiger partial charge in [-0.3, -0.25) is 4.79 Å². The van der Waals surface area contributed by atoms with E-state index in [9.17, 15) is 14.9 Å². The van der Waals surface area contributed by atoms with Crippen molar-refractivity contribution in [3.63, 3.8) is 0 Å². The fraction of sp³-hybridized carbons (Fsp3) is 0.579. The van der Waals surface area contributed by atoms with Crippen LogP contribution in [0.1, 0.15) is 88.6 Å². The van der Waals surface area contributed by atoms with Crippen molar-refractivity contribution < 1.29 is 19.1 Å². The largest absolute Gasteiger partial charge is 0.489 e. The number of piperidine rings is 1. The molecule has 0 radical (unpaired) electrons. The molecule has 4 aliphatic rings. The van der Waals surface area contributed by atoms with Crippen LogP contribution < -0.4 is 4.74 Å². The highest BCUT2D eigenvalue weighted by Crippen LogP contribution is 2.59. The number of nitrogens with zero attached hydrogens (tertiary/aromatic N) is 5. The number of carbonyl (C=O) groups is 2. The van der Waals surface area contributed by atoms with Crippen molar-refractivity contribution in [3.05, 3.63) is 57.9 Å². The molecule has 2 aromatic rings. The van der Waals surface area contributed by atoms with Crippen LogP contribution in [0, 0.1) is 45.8 Å². The van der Waals surface area contributed by atoms with E-state index in [0.29, 0.717) is 46.0 Å². The van der Waals surface area contributed by atoms with Crippen molar-refractivity contribution >= 4 is 23.6 Å². The number of carbonyl (C=O) groups excluding carboxylic acids is 2. The van der Waals surface area contributed by atoms with Gasteiger partial charge < -0.3 is 24.2 Å². The van der Waals surface area contributed by atoms with Crippen LogP contribution in [0.15, 0.2) is 30.3 Å². The lowest BCUT2D eigenvalue weighted by Gasteiger charge is -2.65. The van der Waals surface area contributed by atoms with Gasteiger partial charge in [0.2, 0.25) is 0 Å². The number of ether oxygens (including phenoxy) is 2. The van der Waals surface area contributed by atoms with Gasteiger partial charge in [0.05, 0.1) is 28.4 Å². The first-order valence-electron chi connectivity index (χ1n) is 17.0. The fourth-order valence-electron chi connectivity index (χ4n) is 8.47. The van der Waals surface area contributed by atoms with Crippen molar-refractivity contribution in [2.45, 2.75) is 85.6 Å². The van der Waals surface area contributed by atoms with Crippen LogP contribution in [0.2, 0.25) is 5.02 Å². The molecule has 48 heavy (non-hydrogen) atoms. The molecular weight excluding hydrogens is 626 g/mol. The third-order valence-corrected chi connectivity index (χ3v) is 10.6. The minimum atomic E-state index is -0.467. The number of fused-ring (bicyclic) bond motifs is 1. The highest BCUT2D eigenvalue weighted by Gasteiger charge is 2.67. The van der Waals surface area contributed by atoms with Gasteiger partial charge in [-0.05, 0) is 69.7 Å². The van der Waals surface area contributed by atoms with Gasteiger partial charge in [-0.2, -0.15) is 5.26 Å². The SMILES string of the molecule is CC(C)(C)OC(=O)N1CCC(CN2CC(C#Cc3ccc4c(n3)CN([C@H]3C(C)(C)[C@H](Oc5ccc(C#N)c(Cl)c5)C3(C)C)C4=O)C2)CC1. The van der Waals surface area contributed by atoms with Crippen molar-refractivity contribution in [1.29, 1.82) is 5.26 Å². The van der Waals surface area contributed by atoms with Crippen LogP contribution in [0.4, 0.5) is 4.79 Å². The standard InChI is InChI=1S/C38H46ClN5O4/c1-36(2,3)48-35(46)43-16-14-24(15-17-43)20-42-21-25(22-42)8-10-27-11-13-29-31(41-27)23-44(32(29)45)33-37(4,5)34(38(33,6)7)47-28-12-9-26(19-40)30(39)18-28/h9,11-13,18,24-25,33-34H,14-17,20-23H2,1-7H3/t33-,34-. The monoisotopic (exact) mass is 671 g/mol. The summed E-state index contributed by atoms with van der Waals surface area (Å²) >= 11 is 6.26. The molecule has 3 aliphatic heterocycles. The van der Waals surface area contributed by atoms with Gasteiger partial charge in [-0.15, -0.1) is 0 Å². The number of nitriles is 1. The van der Waals surface area contributed by atoms with E-state index in [-0.39, 0.29) is 35.0 Å². The number of amides is 2. The molecule has 254 valence electrons. The molecule has 2 saturated heterocycles. The maximum Gasteiger partial charge on any atom is 0.410 e. The lowest BCUT2D eigenvalue weighted by atomic mass is 9.49. The zero-order valence-electron chi connectivity index (χ0n) is 29.1. The number of aromatic nitrogens is 1. The Morgan fingerprint density at radius 2 is 1.77 bits per heavy atom. The summed E-state index contributed by atoms with van der Waals surface area (Å²) in [6, 6.07) is 10.9. The molecule has 9 nitrogen and oxygen atoms in total. The number of halogens is 1. The van der Waals surface area contributed by atoms with Crippen LogP contribution >= 0.6 is 11.6 Å². The number of pyridine rings is 1. The van der Waals surface area contributed by atoms with Crippen molar-refractivity contribution in [1.82, 2.24) is 19.7 Å². The molecule has 3 fully saturated rings. The molecule has 0 N–H and O–H groups in total. The normalized spacial score (nSPS) is 23.7. The predicted molar refractivity (Wildman–Crippen MR) is 183 cm³/mol. The Kier molecular flexibility index (Phi) is 8.94. The Bertz CT molecular complexity index is 1680. The van der Waals surface area contributed by atoms with Crippen LogP contribution in [-0.2, 0) is 11.3 Å². The first-order valence-corrected chi connectivity index (χ1v) is 17.3. The van der Waals surface area contributed by atoms with Gasteiger partial charge in [0.25, 0.3) is 5.91 Å². The Morgan fingerprint density at radius 1 is 1.08 bits per heavy atom. The van der Waals surface area contributed by atoms with Crippen LogP contribution in [0.5, 0.6) is 5.75 Å². The van der Waals surface area contributed by atoms with Gasteiger partial charge in [-0.1, -0.05) is 45.2 Å². The van der Waals surface area contributed by atoms with Crippen molar-refractivity contribution in [2.24, 2.45) is 22.7 Å². The van der Waals surface area contributed by atoms with Crippen LogP contribution in [0.3, 0.4) is 0 Å². The van der Waals surface area contributed by atoms with Crippen LogP contribution in [0.25, 0.3) is 0 Å². The lowest BCUT2D eigenvalue weighted by Crippen LogP contribution is -2.74. The van der Waals surface area contributed by atoms with E-state index in [4.69, 9.17) is 26.1 Å². The van der Waals surface area contributed by atoms with Gasteiger partial charge in [0.15, 0.2) is 0 Å². The third-order valence-electron chi connectivity index (χ3n) is 10.3. The average molecular weight is 672 g/mol. The second-order valence-electron chi connectivity index (χ2n) is 16.0. The zero-order chi connectivity index (χ0) is 34.6. The summed E-state index contributed by atoms with van der Waals surface area (Å²) < 4.78 is 12.0. The Balaban J connectivity index is 1.01. The molecule has 0 bridgehead atoms. The maximum atomic E-state index is 13.7. The lowest BCUT2D eigenvalue weighted by molar-refractivity contribution is -0.199. The molecule has 0 spiro atoms. The Hall–Kier alpha value is -3.79. The number of hydrogen-bond acceptors (Lipinski definition) is 7. The molecule has 2 amide bonds. The summed E-state index contributed by atoms with van der Waals surface area (Å²) in [5.41, 5.74) is 1.38.